The molecule has 0 aromatic heterocycles. The molecule has 1 aromatic rings. The molecule has 2 nitrogen and oxygen atoms in total. The number of rotatable bonds is 4. The van der Waals surface area contributed by atoms with Crippen molar-refractivity contribution in [2.75, 3.05) is 31.1 Å². The summed E-state index contributed by atoms with van der Waals surface area (Å²) in [4.78, 5) is 2.48. The van der Waals surface area contributed by atoms with Crippen LogP contribution in [0.2, 0.25) is 5.02 Å². The van der Waals surface area contributed by atoms with Crippen LogP contribution < -0.4 is 10.2 Å². The Morgan fingerprint density at radius 2 is 2.29 bits per heavy atom. The second-order valence-electron chi connectivity index (χ2n) is 4.84. The highest BCUT2D eigenvalue weighted by Crippen LogP contribution is 2.28. The second-order valence-corrected chi connectivity index (χ2v) is 5.28. The number of hydrogen-bond donors (Lipinski definition) is 1. The molecule has 17 heavy (non-hydrogen) atoms. The van der Waals surface area contributed by atoms with E-state index in [2.05, 4.69) is 36.2 Å². The fourth-order valence-electron chi connectivity index (χ4n) is 2.54. The van der Waals surface area contributed by atoms with Crippen molar-refractivity contribution in [2.24, 2.45) is 5.92 Å². The summed E-state index contributed by atoms with van der Waals surface area (Å²) in [6.07, 6.45) is 1.29. The summed E-state index contributed by atoms with van der Waals surface area (Å²) in [5.41, 5.74) is 2.62. The highest BCUT2D eigenvalue weighted by atomic mass is 35.5. The number of nitrogens with one attached hydrogen (secondary N) is 1. The summed E-state index contributed by atoms with van der Waals surface area (Å²) in [5, 5.41) is 4.27. The quantitative estimate of drug-likeness (QED) is 0.886. The van der Waals surface area contributed by atoms with Gasteiger partial charge in [-0.1, -0.05) is 18.5 Å². The van der Waals surface area contributed by atoms with E-state index in [9.17, 15) is 0 Å². The third-order valence-electron chi connectivity index (χ3n) is 3.47. The van der Waals surface area contributed by atoms with Crippen molar-refractivity contribution in [3.63, 3.8) is 0 Å². The molecule has 0 amide bonds. The zero-order valence-electron chi connectivity index (χ0n) is 10.7. The van der Waals surface area contributed by atoms with Crippen LogP contribution >= 0.6 is 11.6 Å². The van der Waals surface area contributed by atoms with Gasteiger partial charge in [0.1, 0.15) is 0 Å². The molecule has 0 radical (unpaired) electrons. The first-order valence-corrected chi connectivity index (χ1v) is 6.80. The van der Waals surface area contributed by atoms with E-state index in [1.165, 1.54) is 24.2 Å². The lowest BCUT2D eigenvalue weighted by atomic mass is 10.1. The first-order valence-electron chi connectivity index (χ1n) is 6.42. The number of nitrogens with zero attached hydrogens (tertiary/aromatic N) is 1. The zero-order chi connectivity index (χ0) is 12.3. The summed E-state index contributed by atoms with van der Waals surface area (Å²) >= 11 is 5.99. The van der Waals surface area contributed by atoms with Gasteiger partial charge in [0, 0.05) is 23.8 Å². The Labute approximate surface area is 109 Å². The van der Waals surface area contributed by atoms with E-state index in [1.807, 2.05) is 6.07 Å². The average Bonchev–Trinajstić information content (AvgIpc) is 2.75. The van der Waals surface area contributed by atoms with Crippen LogP contribution in [0.3, 0.4) is 0 Å². The highest BCUT2D eigenvalue weighted by molar-refractivity contribution is 6.30. The van der Waals surface area contributed by atoms with Crippen molar-refractivity contribution in [1.82, 2.24) is 5.32 Å². The first-order chi connectivity index (χ1) is 8.20. The van der Waals surface area contributed by atoms with Crippen LogP contribution in [-0.2, 0) is 0 Å². The van der Waals surface area contributed by atoms with Gasteiger partial charge < -0.3 is 10.2 Å². The molecule has 94 valence electrons. The molecule has 0 saturated carbocycles. The molecular weight excluding hydrogens is 232 g/mol. The monoisotopic (exact) mass is 252 g/mol. The van der Waals surface area contributed by atoms with Gasteiger partial charge in [-0.15, -0.1) is 0 Å². The lowest BCUT2D eigenvalue weighted by Crippen LogP contribution is -2.26. The number of anilines is 1. The fraction of sp³-hybridized carbons (Fsp3) is 0.571. The molecule has 1 heterocycles. The Kier molecular flexibility index (Phi) is 4.30. The lowest BCUT2D eigenvalue weighted by Gasteiger charge is -2.21. The van der Waals surface area contributed by atoms with Crippen molar-refractivity contribution in [1.29, 1.82) is 0 Å². The zero-order valence-corrected chi connectivity index (χ0v) is 11.4. The molecule has 0 aliphatic carbocycles. The van der Waals surface area contributed by atoms with Gasteiger partial charge in [0.05, 0.1) is 0 Å². The SMILES string of the molecule is CCNCC1CCN(c2ccc(Cl)cc2C)C1. The Morgan fingerprint density at radius 3 is 3.00 bits per heavy atom. The van der Waals surface area contributed by atoms with Gasteiger partial charge in [-0.25, -0.2) is 0 Å². The van der Waals surface area contributed by atoms with Gasteiger partial charge in [-0.3, -0.25) is 0 Å². The van der Waals surface area contributed by atoms with Crippen LogP contribution in [0.15, 0.2) is 18.2 Å². The predicted molar refractivity (Wildman–Crippen MR) is 75.1 cm³/mol. The maximum Gasteiger partial charge on any atom is 0.0410 e. The van der Waals surface area contributed by atoms with Gasteiger partial charge in [0.2, 0.25) is 0 Å². The first kappa shape index (κ1) is 12.7. The Hall–Kier alpha value is -0.730. The highest BCUT2D eigenvalue weighted by Gasteiger charge is 2.22. The van der Waals surface area contributed by atoms with E-state index < -0.39 is 0 Å². The summed E-state index contributed by atoms with van der Waals surface area (Å²) in [6.45, 7) is 8.83. The van der Waals surface area contributed by atoms with Crippen LogP contribution in [0, 0.1) is 12.8 Å². The second kappa shape index (κ2) is 5.74. The molecule has 1 atom stereocenters. The van der Waals surface area contributed by atoms with Crippen LogP contribution in [-0.4, -0.2) is 26.2 Å². The van der Waals surface area contributed by atoms with Gasteiger partial charge in [-0.2, -0.15) is 0 Å². The molecule has 0 bridgehead atoms. The molecule has 1 fully saturated rings. The number of halogens is 1. The van der Waals surface area contributed by atoms with E-state index in [1.54, 1.807) is 0 Å². The third-order valence-corrected chi connectivity index (χ3v) is 3.70. The smallest absolute Gasteiger partial charge is 0.0410 e. The van der Waals surface area contributed by atoms with Crippen LogP contribution in [0.5, 0.6) is 0 Å². The van der Waals surface area contributed by atoms with Gasteiger partial charge in [0.25, 0.3) is 0 Å². The molecule has 1 aliphatic heterocycles. The van der Waals surface area contributed by atoms with Crippen molar-refractivity contribution in [2.45, 2.75) is 20.3 Å². The van der Waals surface area contributed by atoms with Gasteiger partial charge >= 0.3 is 0 Å². The molecule has 1 N–H and O–H groups in total. The number of aryl methyl sites for hydroxylation is 1. The molecular formula is C14H21ClN2. The van der Waals surface area contributed by atoms with Gasteiger partial charge in [-0.05, 0) is 56.1 Å². The molecule has 3 heteroatoms. The van der Waals surface area contributed by atoms with Gasteiger partial charge in [0.15, 0.2) is 0 Å². The van der Waals surface area contributed by atoms with Crippen LogP contribution in [0.4, 0.5) is 5.69 Å². The predicted octanol–water partition coefficient (Wildman–Crippen LogP) is 3.08. The average molecular weight is 253 g/mol. The standard InChI is InChI=1S/C14H21ClN2/c1-3-16-9-12-6-7-17(10-12)14-5-4-13(15)8-11(14)2/h4-5,8,12,16H,3,6-7,9-10H2,1-2H3. The maximum absolute atomic E-state index is 5.99. The Morgan fingerprint density at radius 1 is 1.47 bits per heavy atom. The molecule has 2 rings (SSSR count). The largest absolute Gasteiger partial charge is 0.371 e. The number of benzene rings is 1. The minimum absolute atomic E-state index is 0.782. The van der Waals surface area contributed by atoms with Crippen LogP contribution in [0.25, 0.3) is 0 Å². The minimum Gasteiger partial charge on any atom is -0.371 e. The molecule has 0 spiro atoms. The Bertz CT molecular complexity index is 378. The Balaban J connectivity index is 2.00. The van der Waals surface area contributed by atoms with Crippen molar-refractivity contribution in [3.05, 3.63) is 28.8 Å². The lowest BCUT2D eigenvalue weighted by molar-refractivity contribution is 0.528. The molecule has 1 aliphatic rings. The molecule has 1 saturated heterocycles. The van der Waals surface area contributed by atoms with Crippen molar-refractivity contribution < 1.29 is 0 Å². The van der Waals surface area contributed by atoms with E-state index in [4.69, 9.17) is 11.6 Å². The summed E-state index contributed by atoms with van der Waals surface area (Å²) in [7, 11) is 0. The topological polar surface area (TPSA) is 15.3 Å². The van der Waals surface area contributed by atoms with E-state index in [-0.39, 0.29) is 0 Å². The van der Waals surface area contributed by atoms with Crippen molar-refractivity contribution >= 4 is 17.3 Å². The van der Waals surface area contributed by atoms with E-state index >= 15 is 0 Å². The molecule has 1 aromatic carbocycles. The van der Waals surface area contributed by atoms with Crippen LogP contribution in [0.1, 0.15) is 18.9 Å². The van der Waals surface area contributed by atoms with Crippen molar-refractivity contribution in [3.8, 4) is 0 Å². The summed E-state index contributed by atoms with van der Waals surface area (Å²) in [5.74, 6) is 0.782. The minimum atomic E-state index is 0.782. The fourth-order valence-corrected chi connectivity index (χ4v) is 2.77. The normalized spacial score (nSPS) is 19.9. The number of hydrogen-bond acceptors (Lipinski definition) is 2. The third kappa shape index (κ3) is 3.14. The summed E-state index contributed by atoms with van der Waals surface area (Å²) < 4.78 is 0. The maximum atomic E-state index is 5.99. The van der Waals surface area contributed by atoms with E-state index in [0.717, 1.165) is 30.6 Å². The summed E-state index contributed by atoms with van der Waals surface area (Å²) in [6, 6.07) is 6.18. The van der Waals surface area contributed by atoms with E-state index in [0.29, 0.717) is 0 Å². The molecule has 1 unspecified atom stereocenters.